The largest absolute Gasteiger partial charge is 0.433 e. The summed E-state index contributed by atoms with van der Waals surface area (Å²) in [4.78, 5) is 10.7. The van der Waals surface area contributed by atoms with Crippen LogP contribution in [0.25, 0.3) is 0 Å². The van der Waals surface area contributed by atoms with Gasteiger partial charge in [0.05, 0.1) is 0 Å². The van der Waals surface area contributed by atoms with Crippen LogP contribution in [-0.2, 0) is 9.53 Å². The van der Waals surface area contributed by atoms with Crippen molar-refractivity contribution in [1.29, 1.82) is 0 Å². The van der Waals surface area contributed by atoms with Crippen LogP contribution < -0.4 is 0 Å². The van der Waals surface area contributed by atoms with Crippen molar-refractivity contribution >= 4 is 5.97 Å². The Morgan fingerprint density at radius 3 is 2.60 bits per heavy atom. The Labute approximate surface area is 60.3 Å². The number of ether oxygens (including phenoxy) is 1. The van der Waals surface area contributed by atoms with E-state index in [0.29, 0.717) is 12.0 Å². The molecule has 0 aromatic carbocycles. The van der Waals surface area contributed by atoms with Gasteiger partial charge < -0.3 is 9.84 Å². The normalized spacial score (nSPS) is 12.3. The molecule has 58 valence electrons. The SMILES string of the molecule is C=C(CC)C(=O)OC(C)O. The molecule has 1 unspecified atom stereocenters. The molecule has 0 aliphatic carbocycles. The molecule has 0 aliphatic heterocycles. The van der Waals surface area contributed by atoms with Crippen molar-refractivity contribution in [2.45, 2.75) is 26.6 Å². The molecule has 0 aromatic heterocycles. The van der Waals surface area contributed by atoms with Gasteiger partial charge in [0.1, 0.15) is 0 Å². The first-order valence-electron chi connectivity index (χ1n) is 3.14. The van der Waals surface area contributed by atoms with Crippen LogP contribution in [0.2, 0.25) is 0 Å². The van der Waals surface area contributed by atoms with E-state index in [-0.39, 0.29) is 0 Å². The second kappa shape index (κ2) is 4.06. The monoisotopic (exact) mass is 144 g/mol. The quantitative estimate of drug-likeness (QED) is 0.362. The fourth-order valence-corrected chi connectivity index (χ4v) is 0.383. The summed E-state index contributed by atoms with van der Waals surface area (Å²) in [5, 5.41) is 8.58. The average Bonchev–Trinajstić information content (AvgIpc) is 1.85. The molecule has 0 spiro atoms. The summed E-state index contributed by atoms with van der Waals surface area (Å²) < 4.78 is 4.42. The van der Waals surface area contributed by atoms with Gasteiger partial charge in [-0.05, 0) is 13.3 Å². The highest BCUT2D eigenvalue weighted by Gasteiger charge is 2.07. The van der Waals surface area contributed by atoms with E-state index in [2.05, 4.69) is 11.3 Å². The lowest BCUT2D eigenvalue weighted by Gasteiger charge is -2.06. The van der Waals surface area contributed by atoms with Gasteiger partial charge in [-0.3, -0.25) is 0 Å². The third-order valence-electron chi connectivity index (χ3n) is 0.993. The van der Waals surface area contributed by atoms with E-state index in [1.807, 2.05) is 0 Å². The van der Waals surface area contributed by atoms with Crippen LogP contribution in [-0.4, -0.2) is 17.4 Å². The minimum absolute atomic E-state index is 0.376. The maximum Gasteiger partial charge on any atom is 0.335 e. The summed E-state index contributed by atoms with van der Waals surface area (Å²) in [6, 6.07) is 0. The van der Waals surface area contributed by atoms with E-state index in [1.54, 1.807) is 6.92 Å². The molecule has 0 aliphatic rings. The first kappa shape index (κ1) is 9.17. The van der Waals surface area contributed by atoms with E-state index < -0.39 is 12.3 Å². The number of rotatable bonds is 3. The van der Waals surface area contributed by atoms with Gasteiger partial charge in [0, 0.05) is 5.57 Å². The van der Waals surface area contributed by atoms with Crippen LogP contribution in [0, 0.1) is 0 Å². The minimum atomic E-state index is -1.05. The molecule has 10 heavy (non-hydrogen) atoms. The molecule has 1 atom stereocenters. The highest BCUT2D eigenvalue weighted by Crippen LogP contribution is 2.00. The van der Waals surface area contributed by atoms with Crippen molar-refractivity contribution in [3.63, 3.8) is 0 Å². The van der Waals surface area contributed by atoms with Crippen molar-refractivity contribution < 1.29 is 14.6 Å². The molecule has 0 radical (unpaired) electrons. The zero-order valence-corrected chi connectivity index (χ0v) is 6.26. The predicted molar refractivity (Wildman–Crippen MR) is 37.2 cm³/mol. The van der Waals surface area contributed by atoms with Crippen molar-refractivity contribution in [2.24, 2.45) is 0 Å². The zero-order valence-electron chi connectivity index (χ0n) is 6.26. The van der Waals surface area contributed by atoms with Gasteiger partial charge in [0.25, 0.3) is 0 Å². The highest BCUT2D eigenvalue weighted by molar-refractivity contribution is 5.87. The second-order valence-electron chi connectivity index (χ2n) is 1.96. The van der Waals surface area contributed by atoms with Crippen LogP contribution in [0.4, 0.5) is 0 Å². The Morgan fingerprint density at radius 2 is 2.30 bits per heavy atom. The molecule has 3 heteroatoms. The molecule has 0 saturated heterocycles. The topological polar surface area (TPSA) is 46.5 Å². The number of aliphatic hydroxyl groups is 1. The van der Waals surface area contributed by atoms with E-state index in [9.17, 15) is 4.79 Å². The predicted octanol–water partition coefficient (Wildman–Crippen LogP) is 0.834. The Balaban J connectivity index is 3.74. The first-order chi connectivity index (χ1) is 4.57. The number of hydrogen-bond donors (Lipinski definition) is 1. The van der Waals surface area contributed by atoms with Crippen LogP contribution in [0.1, 0.15) is 20.3 Å². The molecular formula is C7H12O3. The summed E-state index contributed by atoms with van der Waals surface area (Å²) in [5.74, 6) is -0.530. The third-order valence-corrected chi connectivity index (χ3v) is 0.993. The maximum atomic E-state index is 10.7. The summed E-state index contributed by atoms with van der Waals surface area (Å²) in [5.41, 5.74) is 0.376. The lowest BCUT2D eigenvalue weighted by atomic mass is 10.2. The van der Waals surface area contributed by atoms with Gasteiger partial charge in [-0.2, -0.15) is 0 Å². The lowest BCUT2D eigenvalue weighted by molar-refractivity contribution is -0.159. The Morgan fingerprint density at radius 1 is 1.80 bits per heavy atom. The number of hydrogen-bond acceptors (Lipinski definition) is 3. The number of aliphatic hydroxyl groups excluding tert-OH is 1. The Bertz CT molecular complexity index is 138. The average molecular weight is 144 g/mol. The van der Waals surface area contributed by atoms with Gasteiger partial charge in [-0.1, -0.05) is 13.5 Å². The van der Waals surface area contributed by atoms with Crippen LogP contribution in [0.3, 0.4) is 0 Å². The third kappa shape index (κ3) is 3.25. The van der Waals surface area contributed by atoms with Crippen molar-refractivity contribution in [3.05, 3.63) is 12.2 Å². The number of esters is 1. The first-order valence-corrected chi connectivity index (χ1v) is 3.14. The summed E-state index contributed by atoms with van der Waals surface area (Å²) in [6.07, 6.45) is -0.498. The Hall–Kier alpha value is -0.830. The van der Waals surface area contributed by atoms with Gasteiger partial charge in [0.2, 0.25) is 0 Å². The van der Waals surface area contributed by atoms with E-state index >= 15 is 0 Å². The van der Waals surface area contributed by atoms with Gasteiger partial charge in [0.15, 0.2) is 6.29 Å². The zero-order chi connectivity index (χ0) is 8.15. The molecule has 0 saturated carbocycles. The molecule has 0 rings (SSSR count). The highest BCUT2D eigenvalue weighted by atomic mass is 16.6. The minimum Gasteiger partial charge on any atom is -0.433 e. The fourth-order valence-electron chi connectivity index (χ4n) is 0.383. The smallest absolute Gasteiger partial charge is 0.335 e. The molecule has 0 aromatic rings. The standard InChI is InChI=1S/C7H12O3/c1-4-5(2)7(9)10-6(3)8/h6,8H,2,4H2,1,3H3. The fraction of sp³-hybridized carbons (Fsp3) is 0.571. The number of carbonyl (C=O) groups excluding carboxylic acids is 1. The van der Waals surface area contributed by atoms with Crippen molar-refractivity contribution in [2.75, 3.05) is 0 Å². The molecule has 1 N–H and O–H groups in total. The molecule has 0 heterocycles. The van der Waals surface area contributed by atoms with Crippen LogP contribution >= 0.6 is 0 Å². The molecule has 0 amide bonds. The van der Waals surface area contributed by atoms with Crippen molar-refractivity contribution in [1.82, 2.24) is 0 Å². The van der Waals surface area contributed by atoms with Gasteiger partial charge >= 0.3 is 5.97 Å². The number of carbonyl (C=O) groups is 1. The van der Waals surface area contributed by atoms with Crippen LogP contribution in [0.5, 0.6) is 0 Å². The van der Waals surface area contributed by atoms with Crippen molar-refractivity contribution in [3.8, 4) is 0 Å². The molecule has 0 fully saturated rings. The van der Waals surface area contributed by atoms with Gasteiger partial charge in [-0.25, -0.2) is 4.79 Å². The summed E-state index contributed by atoms with van der Waals surface area (Å²) >= 11 is 0. The molecule has 0 bridgehead atoms. The maximum absolute atomic E-state index is 10.7. The van der Waals surface area contributed by atoms with Gasteiger partial charge in [-0.15, -0.1) is 0 Å². The van der Waals surface area contributed by atoms with E-state index in [0.717, 1.165) is 0 Å². The summed E-state index contributed by atoms with van der Waals surface area (Å²) in [7, 11) is 0. The Kier molecular flexibility index (Phi) is 3.72. The van der Waals surface area contributed by atoms with Crippen LogP contribution in [0.15, 0.2) is 12.2 Å². The molecular weight excluding hydrogens is 132 g/mol. The molecule has 3 nitrogen and oxygen atoms in total. The lowest BCUT2D eigenvalue weighted by Crippen LogP contribution is -2.14. The second-order valence-corrected chi connectivity index (χ2v) is 1.96. The summed E-state index contributed by atoms with van der Waals surface area (Å²) in [6.45, 7) is 6.61. The van der Waals surface area contributed by atoms with E-state index in [1.165, 1.54) is 6.92 Å². The van der Waals surface area contributed by atoms with E-state index in [4.69, 9.17) is 5.11 Å².